The quantitative estimate of drug-likeness (QED) is 0.520. The minimum Gasteiger partial charge on any atom is -0.323 e. The summed E-state index contributed by atoms with van der Waals surface area (Å²) < 4.78 is 1.61. The van der Waals surface area contributed by atoms with Gasteiger partial charge in [-0.15, -0.1) is 10.2 Å². The van der Waals surface area contributed by atoms with Crippen molar-refractivity contribution in [1.82, 2.24) is 25.0 Å². The van der Waals surface area contributed by atoms with Crippen molar-refractivity contribution in [3.05, 3.63) is 76.5 Å². The van der Waals surface area contributed by atoms with Crippen LogP contribution in [0.2, 0.25) is 10.0 Å². The van der Waals surface area contributed by atoms with Gasteiger partial charge in [-0.25, -0.2) is 4.98 Å². The Kier molecular flexibility index (Phi) is 4.75. The molecule has 0 spiro atoms. The summed E-state index contributed by atoms with van der Waals surface area (Å²) in [6.07, 6.45) is 1.53. The number of nitrogens with one attached hydrogen (secondary N) is 1. The van der Waals surface area contributed by atoms with Crippen molar-refractivity contribution in [2.45, 2.75) is 6.92 Å². The fourth-order valence-corrected chi connectivity index (χ4v) is 3.07. The summed E-state index contributed by atoms with van der Waals surface area (Å²) in [5.41, 5.74) is 2.61. The molecule has 3 aromatic heterocycles. The van der Waals surface area contributed by atoms with Crippen molar-refractivity contribution in [3.63, 3.8) is 0 Å². The average Bonchev–Trinajstić information content (AvgIpc) is 3.03. The number of aromatic nitrogens is 5. The Hall–Kier alpha value is -2.96. The van der Waals surface area contributed by atoms with Crippen LogP contribution in [-0.4, -0.2) is 25.0 Å². The zero-order valence-electron chi connectivity index (χ0n) is 14.3. The van der Waals surface area contributed by atoms with Crippen LogP contribution in [0.4, 0.5) is 11.6 Å². The molecule has 0 unspecified atom stereocenters. The predicted molar refractivity (Wildman–Crippen MR) is 107 cm³/mol. The van der Waals surface area contributed by atoms with E-state index >= 15 is 0 Å². The van der Waals surface area contributed by atoms with Gasteiger partial charge in [0.1, 0.15) is 5.82 Å². The molecule has 0 fully saturated rings. The van der Waals surface area contributed by atoms with E-state index in [2.05, 4.69) is 25.6 Å². The maximum absolute atomic E-state index is 6.27. The number of benzene rings is 1. The molecule has 0 atom stereocenters. The highest BCUT2D eigenvalue weighted by atomic mass is 35.5. The monoisotopic (exact) mass is 396 g/mol. The molecule has 1 aromatic carbocycles. The minimum atomic E-state index is 0.402. The summed E-state index contributed by atoms with van der Waals surface area (Å²) in [6, 6.07) is 17.1. The zero-order valence-corrected chi connectivity index (χ0v) is 15.8. The van der Waals surface area contributed by atoms with Gasteiger partial charge < -0.3 is 5.32 Å². The molecule has 8 heteroatoms. The molecule has 134 valence electrons. The topological polar surface area (TPSA) is 68.5 Å². The molecule has 4 aromatic rings. The van der Waals surface area contributed by atoms with Crippen LogP contribution in [0.5, 0.6) is 0 Å². The number of halogens is 2. The highest BCUT2D eigenvalue weighted by Gasteiger charge is 2.13. The third-order valence-corrected chi connectivity index (χ3v) is 4.30. The van der Waals surface area contributed by atoms with Gasteiger partial charge in [-0.3, -0.25) is 0 Å². The maximum Gasteiger partial charge on any atom is 0.174 e. The molecule has 0 saturated carbocycles. The molecule has 6 nitrogen and oxygen atoms in total. The smallest absolute Gasteiger partial charge is 0.174 e. The van der Waals surface area contributed by atoms with Crippen molar-refractivity contribution in [1.29, 1.82) is 0 Å². The Labute approximate surface area is 165 Å². The van der Waals surface area contributed by atoms with Gasteiger partial charge in [0.25, 0.3) is 0 Å². The highest BCUT2D eigenvalue weighted by Crippen LogP contribution is 2.26. The number of pyridine rings is 1. The van der Waals surface area contributed by atoms with E-state index in [1.54, 1.807) is 10.7 Å². The molecule has 4 rings (SSSR count). The standard InChI is InChI=1S/C19H14Cl2N6/c1-12-9-18(27(26-12)19-15(21)10-14(20)11-22-19)23-17-8-7-16(24-25-17)13-5-3-2-4-6-13/h2-11H,1H3,(H,23,25). The zero-order chi connectivity index (χ0) is 18.8. The van der Waals surface area contributed by atoms with Crippen LogP contribution in [0.3, 0.4) is 0 Å². The molecular weight excluding hydrogens is 383 g/mol. The summed E-state index contributed by atoms with van der Waals surface area (Å²) in [5.74, 6) is 1.73. The third kappa shape index (κ3) is 3.77. The van der Waals surface area contributed by atoms with E-state index in [1.165, 1.54) is 6.20 Å². The lowest BCUT2D eigenvalue weighted by molar-refractivity contribution is 0.838. The van der Waals surface area contributed by atoms with Crippen molar-refractivity contribution in [3.8, 4) is 17.1 Å². The Balaban J connectivity index is 1.64. The van der Waals surface area contributed by atoms with E-state index < -0.39 is 0 Å². The van der Waals surface area contributed by atoms with Crippen LogP contribution in [-0.2, 0) is 0 Å². The van der Waals surface area contributed by atoms with E-state index in [4.69, 9.17) is 23.2 Å². The lowest BCUT2D eigenvalue weighted by Gasteiger charge is -2.10. The highest BCUT2D eigenvalue weighted by molar-refractivity contribution is 6.35. The first-order valence-corrected chi connectivity index (χ1v) is 8.90. The van der Waals surface area contributed by atoms with Gasteiger partial charge in [0.05, 0.1) is 21.4 Å². The molecule has 0 aliphatic rings. The van der Waals surface area contributed by atoms with Crippen LogP contribution in [0.1, 0.15) is 5.69 Å². The first kappa shape index (κ1) is 17.5. The number of aryl methyl sites for hydroxylation is 1. The summed E-state index contributed by atoms with van der Waals surface area (Å²) in [4.78, 5) is 4.28. The minimum absolute atomic E-state index is 0.402. The molecule has 0 radical (unpaired) electrons. The Morgan fingerprint density at radius 3 is 2.48 bits per heavy atom. The number of hydrogen-bond acceptors (Lipinski definition) is 5. The fraction of sp³-hybridized carbons (Fsp3) is 0.0526. The molecule has 0 saturated heterocycles. The van der Waals surface area contributed by atoms with E-state index in [0.717, 1.165) is 17.0 Å². The molecular formula is C19H14Cl2N6. The van der Waals surface area contributed by atoms with Gasteiger partial charge in [-0.2, -0.15) is 9.78 Å². The van der Waals surface area contributed by atoms with E-state index in [9.17, 15) is 0 Å². The molecule has 0 aliphatic carbocycles. The second-order valence-electron chi connectivity index (χ2n) is 5.84. The van der Waals surface area contributed by atoms with Crippen LogP contribution in [0, 0.1) is 6.92 Å². The predicted octanol–water partition coefficient (Wildman–Crippen LogP) is 5.08. The normalized spacial score (nSPS) is 10.8. The van der Waals surface area contributed by atoms with Crippen LogP contribution < -0.4 is 5.32 Å². The number of nitrogens with zero attached hydrogens (tertiary/aromatic N) is 5. The largest absolute Gasteiger partial charge is 0.323 e. The van der Waals surface area contributed by atoms with Gasteiger partial charge in [0.2, 0.25) is 0 Å². The second-order valence-corrected chi connectivity index (χ2v) is 6.68. The first-order valence-electron chi connectivity index (χ1n) is 8.14. The molecule has 0 aliphatic heterocycles. The number of anilines is 2. The van der Waals surface area contributed by atoms with Crippen molar-refractivity contribution >= 4 is 34.8 Å². The number of rotatable bonds is 4. The fourth-order valence-electron chi connectivity index (χ4n) is 2.61. The van der Waals surface area contributed by atoms with Crippen molar-refractivity contribution < 1.29 is 0 Å². The lowest BCUT2D eigenvalue weighted by Crippen LogP contribution is -2.06. The van der Waals surface area contributed by atoms with Crippen LogP contribution in [0.25, 0.3) is 17.1 Å². The van der Waals surface area contributed by atoms with Gasteiger partial charge in [0, 0.05) is 17.8 Å². The van der Waals surface area contributed by atoms with E-state index in [0.29, 0.717) is 27.5 Å². The average molecular weight is 397 g/mol. The van der Waals surface area contributed by atoms with Crippen LogP contribution >= 0.6 is 23.2 Å². The molecule has 0 bridgehead atoms. The summed E-state index contributed by atoms with van der Waals surface area (Å²) in [6.45, 7) is 1.88. The molecule has 3 heterocycles. The van der Waals surface area contributed by atoms with Gasteiger partial charge in [-0.1, -0.05) is 53.5 Å². The van der Waals surface area contributed by atoms with Gasteiger partial charge >= 0.3 is 0 Å². The van der Waals surface area contributed by atoms with Gasteiger partial charge in [0.15, 0.2) is 11.6 Å². The summed E-state index contributed by atoms with van der Waals surface area (Å²) in [7, 11) is 0. The summed E-state index contributed by atoms with van der Waals surface area (Å²) >= 11 is 12.2. The Morgan fingerprint density at radius 2 is 1.78 bits per heavy atom. The van der Waals surface area contributed by atoms with Crippen molar-refractivity contribution in [2.24, 2.45) is 0 Å². The van der Waals surface area contributed by atoms with Crippen LogP contribution in [0.15, 0.2) is 60.8 Å². The first-order chi connectivity index (χ1) is 13.1. The second kappa shape index (κ2) is 7.34. The van der Waals surface area contributed by atoms with E-state index in [-0.39, 0.29) is 0 Å². The number of hydrogen-bond donors (Lipinski definition) is 1. The lowest BCUT2D eigenvalue weighted by atomic mass is 10.1. The SMILES string of the molecule is Cc1cc(Nc2ccc(-c3ccccc3)nn2)n(-c2ncc(Cl)cc2Cl)n1. The Bertz CT molecular complexity index is 1080. The molecule has 27 heavy (non-hydrogen) atoms. The third-order valence-electron chi connectivity index (χ3n) is 3.81. The molecule has 1 N–H and O–H groups in total. The maximum atomic E-state index is 6.27. The molecule has 0 amide bonds. The van der Waals surface area contributed by atoms with E-state index in [1.807, 2.05) is 55.5 Å². The summed E-state index contributed by atoms with van der Waals surface area (Å²) in [5, 5.41) is 17.1. The van der Waals surface area contributed by atoms with Gasteiger partial charge in [-0.05, 0) is 25.1 Å². The Morgan fingerprint density at radius 1 is 0.963 bits per heavy atom. The van der Waals surface area contributed by atoms with Crippen molar-refractivity contribution in [2.75, 3.05) is 5.32 Å².